The number of epoxide rings is 1. The van der Waals surface area contributed by atoms with Crippen LogP contribution in [0, 0.1) is 17.5 Å². The lowest BCUT2D eigenvalue weighted by Gasteiger charge is -2.04. The first-order valence-corrected chi connectivity index (χ1v) is 6.31. The number of benzene rings is 2. The number of hydrogen-bond acceptors (Lipinski definition) is 1. The van der Waals surface area contributed by atoms with E-state index in [1.807, 2.05) is 36.4 Å². The summed E-state index contributed by atoms with van der Waals surface area (Å²) in [5.74, 6) is -9.33. The molecule has 1 heterocycles. The molecular weight excluding hydrogens is 322 g/mol. The van der Waals surface area contributed by atoms with Gasteiger partial charge in [0.15, 0.2) is 17.5 Å². The van der Waals surface area contributed by atoms with E-state index >= 15 is 0 Å². The minimum atomic E-state index is -4.21. The second-order valence-electron chi connectivity index (χ2n) is 4.55. The molecule has 1 nitrogen and oxygen atoms in total. The molecule has 1 aliphatic rings. The lowest BCUT2D eigenvalue weighted by molar-refractivity contribution is -0.00191. The Labute approximate surface area is 127 Å². The molecule has 1 aliphatic heterocycles. The predicted octanol–water partition coefficient (Wildman–Crippen LogP) is 5.18. The van der Waals surface area contributed by atoms with Gasteiger partial charge in [0.1, 0.15) is 0 Å². The Hall–Kier alpha value is -2.28. The maximum atomic E-state index is 13.1. The molecule has 0 aromatic heterocycles. The van der Waals surface area contributed by atoms with Crippen molar-refractivity contribution < 1.29 is 31.1 Å². The van der Waals surface area contributed by atoms with E-state index in [9.17, 15) is 26.3 Å². The smallest absolute Gasteiger partial charge is 0.266 e. The zero-order chi connectivity index (χ0) is 17.3. The molecule has 0 amide bonds. The zero-order valence-corrected chi connectivity index (χ0v) is 11.5. The number of alkyl halides is 3. The van der Waals surface area contributed by atoms with Crippen molar-refractivity contribution in [2.24, 2.45) is 0 Å². The van der Waals surface area contributed by atoms with Crippen LogP contribution in [0.25, 0.3) is 6.08 Å². The van der Waals surface area contributed by atoms with Crippen molar-refractivity contribution in [3.8, 4) is 0 Å². The van der Waals surface area contributed by atoms with Gasteiger partial charge < -0.3 is 0 Å². The first-order chi connectivity index (χ1) is 10.7. The van der Waals surface area contributed by atoms with Gasteiger partial charge in [0.2, 0.25) is 0 Å². The summed E-state index contributed by atoms with van der Waals surface area (Å²) in [7, 11) is 0. The van der Waals surface area contributed by atoms with Gasteiger partial charge in [-0.25, -0.2) is 13.2 Å². The van der Waals surface area contributed by atoms with Crippen molar-refractivity contribution in [2.75, 3.05) is 0 Å². The Morgan fingerprint density at radius 3 is 1.87 bits per heavy atom. The first-order valence-electron chi connectivity index (χ1n) is 6.31. The maximum Gasteiger partial charge on any atom is 0.422 e. The van der Waals surface area contributed by atoms with Crippen LogP contribution in [0.2, 0.25) is 0 Å². The largest absolute Gasteiger partial charge is 0.422 e. The zero-order valence-electron chi connectivity index (χ0n) is 11.5. The van der Waals surface area contributed by atoms with Crippen LogP contribution in [-0.4, -0.2) is 6.11 Å². The fourth-order valence-electron chi connectivity index (χ4n) is 1.73. The summed E-state index contributed by atoms with van der Waals surface area (Å²) in [5.41, 5.74) is -0.182. The van der Waals surface area contributed by atoms with E-state index in [1.54, 1.807) is 0 Å². The van der Waals surface area contributed by atoms with Gasteiger partial charge in [-0.2, -0.15) is 13.2 Å². The van der Waals surface area contributed by atoms with Gasteiger partial charge in [0, 0.05) is 0 Å². The third kappa shape index (κ3) is 3.24. The van der Waals surface area contributed by atoms with Gasteiger partial charge in [-0.1, -0.05) is 43.0 Å². The van der Waals surface area contributed by atoms with Gasteiger partial charge in [0.25, 0.3) is 0 Å². The third-order valence-corrected chi connectivity index (χ3v) is 3.02. The van der Waals surface area contributed by atoms with Crippen LogP contribution in [-0.2, 0) is 10.6 Å². The highest BCUT2D eigenvalue weighted by Gasteiger charge is 2.78. The molecule has 7 heteroatoms. The molecule has 3 rings (SSSR count). The molecule has 0 bridgehead atoms. The highest BCUT2D eigenvalue weighted by Crippen LogP contribution is 2.59. The number of halogens is 6. The van der Waals surface area contributed by atoms with Crippen LogP contribution in [0.4, 0.5) is 26.3 Å². The van der Waals surface area contributed by atoms with E-state index in [4.69, 9.17) is 0 Å². The van der Waals surface area contributed by atoms with Gasteiger partial charge in [-0.05, 0) is 17.7 Å². The van der Waals surface area contributed by atoms with Gasteiger partial charge in [0.05, 0.1) is 5.56 Å². The Bertz CT molecular complexity index is 716. The summed E-state index contributed by atoms with van der Waals surface area (Å²) < 4.78 is 78.9. The third-order valence-electron chi connectivity index (χ3n) is 3.02. The molecule has 0 aliphatic carbocycles. The van der Waals surface area contributed by atoms with E-state index in [1.165, 1.54) is 5.56 Å². The van der Waals surface area contributed by atoms with Crippen molar-refractivity contribution in [3.63, 3.8) is 0 Å². The quantitative estimate of drug-likeness (QED) is 0.419. The van der Waals surface area contributed by atoms with E-state index < -0.39 is 35.0 Å². The van der Waals surface area contributed by atoms with Gasteiger partial charge in [-0.15, -0.1) is 0 Å². The lowest BCUT2D eigenvalue weighted by Crippen LogP contribution is -2.13. The number of ether oxygens (including phenoxy) is 1. The normalized spacial score (nSPS) is 21.1. The van der Waals surface area contributed by atoms with Crippen LogP contribution >= 0.6 is 0 Å². The summed E-state index contributed by atoms with van der Waals surface area (Å²) in [6, 6.07) is 10.7. The molecular formula is C16H10F6O. The molecule has 23 heavy (non-hydrogen) atoms. The van der Waals surface area contributed by atoms with Gasteiger partial charge >= 0.3 is 12.0 Å². The standard InChI is InChI=1S/C8H2F6O.C8H8/c9-4-2-1-3(5(10)6(4)11)7(12)8(13,14)15-7;1-2-8-6-4-3-5-7-8/h1-2H;2-7H,1H2. The van der Waals surface area contributed by atoms with E-state index in [-0.39, 0.29) is 0 Å². The van der Waals surface area contributed by atoms with Crippen molar-refractivity contribution in [1.82, 2.24) is 0 Å². The van der Waals surface area contributed by atoms with Crippen LogP contribution in [0.1, 0.15) is 11.1 Å². The molecule has 1 atom stereocenters. The Kier molecular flexibility index (Phi) is 4.51. The fourth-order valence-corrected chi connectivity index (χ4v) is 1.73. The number of rotatable bonds is 2. The molecule has 122 valence electrons. The highest BCUT2D eigenvalue weighted by atomic mass is 19.3. The average molecular weight is 332 g/mol. The van der Waals surface area contributed by atoms with Gasteiger partial charge in [-0.3, -0.25) is 4.74 Å². The van der Waals surface area contributed by atoms with Crippen LogP contribution in [0.15, 0.2) is 49.0 Å². The molecule has 1 saturated heterocycles. The predicted molar refractivity (Wildman–Crippen MR) is 71.7 cm³/mol. The summed E-state index contributed by atoms with van der Waals surface area (Å²) in [6.45, 7) is 3.63. The molecule has 0 saturated carbocycles. The summed E-state index contributed by atoms with van der Waals surface area (Å²) in [5, 5.41) is 0. The fraction of sp³-hybridized carbons (Fsp3) is 0.125. The molecule has 0 spiro atoms. The molecule has 2 aromatic carbocycles. The van der Waals surface area contributed by atoms with Crippen LogP contribution in [0.5, 0.6) is 0 Å². The highest BCUT2D eigenvalue weighted by molar-refractivity contribution is 5.45. The molecule has 0 N–H and O–H groups in total. The topological polar surface area (TPSA) is 12.5 Å². The molecule has 1 fully saturated rings. The minimum Gasteiger partial charge on any atom is -0.266 e. The Balaban J connectivity index is 0.000000203. The molecule has 2 aromatic rings. The van der Waals surface area contributed by atoms with Crippen molar-refractivity contribution in [1.29, 1.82) is 0 Å². The molecule has 1 unspecified atom stereocenters. The summed E-state index contributed by atoms with van der Waals surface area (Å²) in [4.78, 5) is 0. The average Bonchev–Trinajstić information content (AvgIpc) is 3.05. The molecule has 0 radical (unpaired) electrons. The minimum absolute atomic E-state index is 0.340. The van der Waals surface area contributed by atoms with Crippen LogP contribution in [0.3, 0.4) is 0 Å². The van der Waals surface area contributed by atoms with E-state index in [2.05, 4.69) is 11.3 Å². The first kappa shape index (κ1) is 17.1. The monoisotopic (exact) mass is 332 g/mol. The van der Waals surface area contributed by atoms with E-state index in [0.717, 1.165) is 0 Å². The number of hydrogen-bond donors (Lipinski definition) is 0. The lowest BCUT2D eigenvalue weighted by atomic mass is 10.1. The van der Waals surface area contributed by atoms with Crippen molar-refractivity contribution >= 4 is 6.08 Å². The summed E-state index contributed by atoms with van der Waals surface area (Å²) in [6.07, 6.45) is -2.38. The second kappa shape index (κ2) is 6.08. The Morgan fingerprint density at radius 2 is 1.43 bits per heavy atom. The van der Waals surface area contributed by atoms with E-state index in [0.29, 0.717) is 12.1 Å². The SMILES string of the molecule is C=Cc1ccccc1.Fc1ccc(C2(F)OC2(F)F)c(F)c1F. The van der Waals surface area contributed by atoms with Crippen LogP contribution < -0.4 is 0 Å². The maximum absolute atomic E-state index is 13.1. The van der Waals surface area contributed by atoms with Crippen molar-refractivity contribution in [3.05, 3.63) is 77.6 Å². The van der Waals surface area contributed by atoms with Crippen molar-refractivity contribution in [2.45, 2.75) is 12.0 Å². The second-order valence-corrected chi connectivity index (χ2v) is 4.55. The summed E-state index contributed by atoms with van der Waals surface area (Å²) >= 11 is 0. The Morgan fingerprint density at radius 1 is 0.870 bits per heavy atom.